The molecule has 1 N–H and O–H groups in total. The molecule has 0 amide bonds. The summed E-state index contributed by atoms with van der Waals surface area (Å²) in [5, 5.41) is 21.5. The summed E-state index contributed by atoms with van der Waals surface area (Å²) in [7, 11) is 0. The minimum Gasteiger partial charge on any atom is -0.357 e. The van der Waals surface area contributed by atoms with Gasteiger partial charge in [0.1, 0.15) is 0 Å². The van der Waals surface area contributed by atoms with Crippen molar-refractivity contribution in [2.45, 2.75) is 29.0 Å². The molecule has 0 radical (unpaired) electrons. The van der Waals surface area contributed by atoms with Crippen molar-refractivity contribution >= 4 is 28.2 Å². The first-order valence-electron chi connectivity index (χ1n) is 6.06. The van der Waals surface area contributed by atoms with E-state index in [4.69, 9.17) is 5.26 Å². The van der Waals surface area contributed by atoms with E-state index in [9.17, 15) is 0 Å². The third kappa shape index (κ3) is 3.25. The third-order valence-corrected chi connectivity index (χ3v) is 4.84. The summed E-state index contributed by atoms with van der Waals surface area (Å²) in [6.45, 7) is 0. The summed E-state index contributed by atoms with van der Waals surface area (Å²) < 4.78 is 0.941. The zero-order valence-electron chi connectivity index (χ0n) is 10.2. The topological polar surface area (TPSA) is 61.6 Å². The molecule has 1 aromatic heterocycles. The number of hydrogen-bond acceptors (Lipinski definition) is 6. The van der Waals surface area contributed by atoms with Crippen LogP contribution in [0.1, 0.15) is 24.0 Å². The first kappa shape index (κ1) is 12.5. The van der Waals surface area contributed by atoms with E-state index in [1.54, 1.807) is 23.1 Å². The molecular formula is C13H12N4S2. The summed E-state index contributed by atoms with van der Waals surface area (Å²) in [6, 6.07) is 10.5. The standard InChI is InChI=1S/C13H12N4S2/c14-7-9-3-1-2-4-10(9)8-18-13-17-16-12(19-13)15-11-5-6-11/h1-4,11H,5-6,8H2,(H,15,16). The first-order valence-corrected chi connectivity index (χ1v) is 7.86. The largest absolute Gasteiger partial charge is 0.357 e. The van der Waals surface area contributed by atoms with E-state index in [1.165, 1.54) is 12.8 Å². The maximum absolute atomic E-state index is 9.03. The van der Waals surface area contributed by atoms with Crippen LogP contribution in [0.25, 0.3) is 0 Å². The van der Waals surface area contributed by atoms with Crippen molar-refractivity contribution in [3.05, 3.63) is 35.4 Å². The highest BCUT2D eigenvalue weighted by Gasteiger charge is 2.22. The van der Waals surface area contributed by atoms with Gasteiger partial charge in [0.15, 0.2) is 4.34 Å². The fourth-order valence-corrected chi connectivity index (χ4v) is 3.46. The molecule has 1 fully saturated rings. The summed E-state index contributed by atoms with van der Waals surface area (Å²) in [6.07, 6.45) is 2.47. The average Bonchev–Trinajstić information content (AvgIpc) is 3.14. The van der Waals surface area contributed by atoms with Crippen LogP contribution < -0.4 is 5.32 Å². The Hall–Kier alpha value is -1.58. The zero-order chi connectivity index (χ0) is 13.1. The van der Waals surface area contributed by atoms with Crippen molar-refractivity contribution in [2.75, 3.05) is 5.32 Å². The number of thioether (sulfide) groups is 1. The van der Waals surface area contributed by atoms with Crippen LogP contribution in [0.4, 0.5) is 5.13 Å². The Kier molecular flexibility index (Phi) is 3.67. The normalized spacial score (nSPS) is 14.1. The van der Waals surface area contributed by atoms with Gasteiger partial charge in [-0.2, -0.15) is 5.26 Å². The molecule has 1 saturated carbocycles. The predicted molar refractivity (Wildman–Crippen MR) is 77.3 cm³/mol. The van der Waals surface area contributed by atoms with Crippen molar-refractivity contribution < 1.29 is 0 Å². The van der Waals surface area contributed by atoms with Crippen LogP contribution in [-0.2, 0) is 5.75 Å². The van der Waals surface area contributed by atoms with Crippen molar-refractivity contribution in [3.63, 3.8) is 0 Å². The van der Waals surface area contributed by atoms with Gasteiger partial charge in [0.05, 0.1) is 11.6 Å². The van der Waals surface area contributed by atoms with E-state index in [-0.39, 0.29) is 0 Å². The molecule has 0 spiro atoms. The van der Waals surface area contributed by atoms with Gasteiger partial charge in [0.25, 0.3) is 0 Å². The van der Waals surface area contributed by atoms with Crippen LogP contribution >= 0.6 is 23.1 Å². The number of rotatable bonds is 5. The molecule has 1 aliphatic carbocycles. The van der Waals surface area contributed by atoms with Crippen LogP contribution in [0, 0.1) is 11.3 Å². The number of anilines is 1. The van der Waals surface area contributed by atoms with Gasteiger partial charge in [0.2, 0.25) is 5.13 Å². The van der Waals surface area contributed by atoms with Crippen LogP contribution in [0.3, 0.4) is 0 Å². The molecule has 6 heteroatoms. The second-order valence-corrected chi connectivity index (χ2v) is 6.55. The molecule has 1 aromatic carbocycles. The Balaban J connectivity index is 1.62. The summed E-state index contributed by atoms with van der Waals surface area (Å²) >= 11 is 3.21. The lowest BCUT2D eigenvalue weighted by Gasteiger charge is -2.00. The fourth-order valence-electron chi connectivity index (χ4n) is 1.62. The van der Waals surface area contributed by atoms with Crippen LogP contribution in [0.2, 0.25) is 0 Å². The summed E-state index contributed by atoms with van der Waals surface area (Å²) in [5.41, 5.74) is 1.78. The quantitative estimate of drug-likeness (QED) is 0.856. The van der Waals surface area contributed by atoms with Crippen molar-refractivity contribution in [1.29, 1.82) is 5.26 Å². The van der Waals surface area contributed by atoms with Crippen molar-refractivity contribution in [1.82, 2.24) is 10.2 Å². The predicted octanol–water partition coefficient (Wildman–Crippen LogP) is 3.28. The molecular weight excluding hydrogens is 276 g/mol. The Labute approximate surface area is 119 Å². The molecule has 0 bridgehead atoms. The van der Waals surface area contributed by atoms with E-state index >= 15 is 0 Å². The van der Waals surface area contributed by atoms with Gasteiger partial charge in [-0.1, -0.05) is 41.3 Å². The maximum Gasteiger partial charge on any atom is 0.206 e. The highest BCUT2D eigenvalue weighted by molar-refractivity contribution is 8.00. The Morgan fingerprint density at radius 3 is 3.00 bits per heavy atom. The molecule has 1 aliphatic rings. The average molecular weight is 288 g/mol. The fraction of sp³-hybridized carbons (Fsp3) is 0.308. The molecule has 96 valence electrons. The van der Waals surface area contributed by atoms with Crippen LogP contribution in [-0.4, -0.2) is 16.2 Å². The number of hydrogen-bond donors (Lipinski definition) is 1. The molecule has 4 nitrogen and oxygen atoms in total. The van der Waals surface area contributed by atoms with E-state index in [0.29, 0.717) is 6.04 Å². The molecule has 0 atom stereocenters. The molecule has 0 saturated heterocycles. The second-order valence-electron chi connectivity index (χ2n) is 4.35. The zero-order valence-corrected chi connectivity index (χ0v) is 11.8. The smallest absolute Gasteiger partial charge is 0.206 e. The summed E-state index contributed by atoms with van der Waals surface area (Å²) in [5.74, 6) is 0.752. The second kappa shape index (κ2) is 5.59. The lowest BCUT2D eigenvalue weighted by Crippen LogP contribution is -1.99. The van der Waals surface area contributed by atoms with Crippen LogP contribution in [0.15, 0.2) is 28.6 Å². The van der Waals surface area contributed by atoms with Gasteiger partial charge in [0, 0.05) is 11.8 Å². The SMILES string of the molecule is N#Cc1ccccc1CSc1nnc(NC2CC2)s1. The number of nitrogens with one attached hydrogen (secondary N) is 1. The molecule has 2 aromatic rings. The first-order chi connectivity index (χ1) is 9.35. The van der Waals surface area contributed by atoms with E-state index in [0.717, 1.165) is 26.4 Å². The molecule has 19 heavy (non-hydrogen) atoms. The van der Waals surface area contributed by atoms with Crippen LogP contribution in [0.5, 0.6) is 0 Å². The minimum atomic E-state index is 0.602. The number of aromatic nitrogens is 2. The molecule has 0 aliphatic heterocycles. The van der Waals surface area contributed by atoms with Gasteiger partial charge < -0.3 is 5.32 Å². The van der Waals surface area contributed by atoms with Gasteiger partial charge in [-0.3, -0.25) is 0 Å². The lowest BCUT2D eigenvalue weighted by atomic mass is 10.1. The minimum absolute atomic E-state index is 0.602. The number of nitrogens with zero attached hydrogens (tertiary/aromatic N) is 3. The van der Waals surface area contributed by atoms with Crippen molar-refractivity contribution in [2.24, 2.45) is 0 Å². The van der Waals surface area contributed by atoms with Gasteiger partial charge >= 0.3 is 0 Å². The number of benzene rings is 1. The molecule has 3 rings (SSSR count). The van der Waals surface area contributed by atoms with Gasteiger partial charge in [-0.15, -0.1) is 10.2 Å². The molecule has 0 unspecified atom stereocenters. The van der Waals surface area contributed by atoms with E-state index < -0.39 is 0 Å². The number of nitriles is 1. The highest BCUT2D eigenvalue weighted by Crippen LogP contribution is 2.31. The summed E-state index contributed by atoms with van der Waals surface area (Å²) in [4.78, 5) is 0. The maximum atomic E-state index is 9.03. The Bertz CT molecular complexity index is 613. The molecule has 1 heterocycles. The van der Waals surface area contributed by atoms with Crippen molar-refractivity contribution in [3.8, 4) is 6.07 Å². The van der Waals surface area contributed by atoms with Gasteiger partial charge in [-0.25, -0.2) is 0 Å². The van der Waals surface area contributed by atoms with E-state index in [1.807, 2.05) is 24.3 Å². The monoisotopic (exact) mass is 288 g/mol. The Morgan fingerprint density at radius 2 is 2.21 bits per heavy atom. The highest BCUT2D eigenvalue weighted by atomic mass is 32.2. The Morgan fingerprint density at radius 1 is 1.37 bits per heavy atom. The lowest BCUT2D eigenvalue weighted by molar-refractivity contribution is 0.994. The third-order valence-electron chi connectivity index (χ3n) is 2.80. The van der Waals surface area contributed by atoms with E-state index in [2.05, 4.69) is 21.6 Å². The van der Waals surface area contributed by atoms with Gasteiger partial charge in [-0.05, 0) is 24.5 Å².